The molecule has 8 nitrogen and oxygen atoms in total. The Hall–Kier alpha value is -1.16. The first kappa shape index (κ1) is 16.2. The van der Waals surface area contributed by atoms with Crippen molar-refractivity contribution in [2.24, 2.45) is 7.05 Å². The van der Waals surface area contributed by atoms with E-state index in [0.717, 1.165) is 17.4 Å². The largest absolute Gasteiger partial charge is 0.339 e. The predicted octanol–water partition coefficient (Wildman–Crippen LogP) is -0.874. The zero-order chi connectivity index (χ0) is 15.6. The lowest BCUT2D eigenvalue weighted by atomic mass is 10.3. The maximum atomic E-state index is 12.5. The summed E-state index contributed by atoms with van der Waals surface area (Å²) in [7, 11) is -1.00. The zero-order valence-corrected chi connectivity index (χ0v) is 13.5. The second-order valence-electron chi connectivity index (χ2n) is 4.81. The fraction of sp³-hybridized carbons (Fsp3) is 0.636. The van der Waals surface area contributed by atoms with Gasteiger partial charge in [0.05, 0.1) is 17.8 Å². The summed E-state index contributed by atoms with van der Waals surface area (Å²) >= 11 is 5.87. The highest BCUT2D eigenvalue weighted by molar-refractivity contribution is 7.89. The average molecular weight is 336 g/mol. The molecule has 1 fully saturated rings. The van der Waals surface area contributed by atoms with E-state index in [9.17, 15) is 13.2 Å². The third-order valence-electron chi connectivity index (χ3n) is 3.32. The molecule has 0 radical (unpaired) electrons. The number of hydrogen-bond acceptors (Lipinski definition) is 5. The Morgan fingerprint density at radius 3 is 2.62 bits per heavy atom. The number of nitrogens with zero attached hydrogens (tertiary/aromatic N) is 4. The topological polar surface area (TPSA) is 87.5 Å². The number of aromatic nitrogens is 2. The van der Waals surface area contributed by atoms with Crippen molar-refractivity contribution in [2.45, 2.75) is 5.03 Å². The number of carbonyl (C=O) groups excluding carboxylic acids is 1. The molecule has 1 aliphatic rings. The second-order valence-corrected chi connectivity index (χ2v) is 7.18. The molecular weight excluding hydrogens is 318 g/mol. The molecule has 0 aliphatic carbocycles. The molecule has 1 aromatic rings. The minimum atomic E-state index is -3.85. The lowest BCUT2D eigenvalue weighted by Crippen LogP contribution is -2.49. The van der Waals surface area contributed by atoms with E-state index in [0.29, 0.717) is 13.1 Å². The number of sulfonamides is 1. The minimum Gasteiger partial charge on any atom is -0.339 e. The van der Waals surface area contributed by atoms with Crippen LogP contribution in [0.4, 0.5) is 0 Å². The van der Waals surface area contributed by atoms with Crippen molar-refractivity contribution >= 4 is 27.5 Å². The number of hydrogen-bond donors (Lipinski definition) is 1. The molecule has 1 N–H and O–H groups in total. The summed E-state index contributed by atoms with van der Waals surface area (Å²) < 4.78 is 27.1. The summed E-state index contributed by atoms with van der Waals surface area (Å²) in [5, 5.41) is 6.87. The first-order valence-corrected chi connectivity index (χ1v) is 8.28. The fourth-order valence-electron chi connectivity index (χ4n) is 2.13. The van der Waals surface area contributed by atoms with Crippen molar-refractivity contribution < 1.29 is 13.2 Å². The summed E-state index contributed by atoms with van der Waals surface area (Å²) in [5.74, 6) is -0.221. The Morgan fingerprint density at radius 1 is 1.48 bits per heavy atom. The van der Waals surface area contributed by atoms with Crippen LogP contribution in [0, 0.1) is 0 Å². The van der Waals surface area contributed by atoms with Crippen LogP contribution in [0.3, 0.4) is 0 Å². The van der Waals surface area contributed by atoms with E-state index < -0.39 is 10.0 Å². The van der Waals surface area contributed by atoms with Gasteiger partial charge >= 0.3 is 0 Å². The van der Waals surface area contributed by atoms with Gasteiger partial charge in [0.1, 0.15) is 0 Å². The Morgan fingerprint density at radius 2 is 2.10 bits per heavy atom. The molecule has 1 amide bonds. The molecular formula is C11H18ClN5O3S. The van der Waals surface area contributed by atoms with Crippen molar-refractivity contribution in [3.63, 3.8) is 0 Å². The van der Waals surface area contributed by atoms with Crippen LogP contribution in [-0.2, 0) is 21.9 Å². The van der Waals surface area contributed by atoms with Crippen LogP contribution in [0.1, 0.15) is 0 Å². The SMILES string of the molecule is CN(CC(=O)N1CCNCC1)S(=O)(=O)c1c(Cl)cnn1C. The average Bonchev–Trinajstić information content (AvgIpc) is 2.79. The number of piperazine rings is 1. The third-order valence-corrected chi connectivity index (χ3v) is 5.64. The van der Waals surface area contributed by atoms with Gasteiger partial charge in [-0.25, -0.2) is 8.42 Å². The standard InChI is InChI=1S/C11H18ClN5O3S/c1-15(8-10(18)17-5-3-13-4-6-17)21(19,20)11-9(12)7-14-16(11)2/h7,13H,3-6,8H2,1-2H3. The molecule has 21 heavy (non-hydrogen) atoms. The van der Waals surface area contributed by atoms with E-state index >= 15 is 0 Å². The molecule has 1 aromatic heterocycles. The highest BCUT2D eigenvalue weighted by Crippen LogP contribution is 2.22. The van der Waals surface area contributed by atoms with E-state index in [-0.39, 0.29) is 22.5 Å². The van der Waals surface area contributed by atoms with Gasteiger partial charge in [-0.05, 0) is 0 Å². The van der Waals surface area contributed by atoms with Crippen molar-refractivity contribution in [3.8, 4) is 0 Å². The van der Waals surface area contributed by atoms with Crippen LogP contribution in [0.5, 0.6) is 0 Å². The van der Waals surface area contributed by atoms with Crippen molar-refractivity contribution in [2.75, 3.05) is 39.8 Å². The van der Waals surface area contributed by atoms with Crippen molar-refractivity contribution in [1.29, 1.82) is 0 Å². The highest BCUT2D eigenvalue weighted by Gasteiger charge is 2.30. The summed E-state index contributed by atoms with van der Waals surface area (Å²) in [4.78, 5) is 13.8. The van der Waals surface area contributed by atoms with Gasteiger partial charge in [0, 0.05) is 40.3 Å². The van der Waals surface area contributed by atoms with E-state index in [1.165, 1.54) is 25.0 Å². The number of nitrogens with one attached hydrogen (secondary N) is 1. The fourth-order valence-corrected chi connectivity index (χ4v) is 3.84. The normalized spacial score (nSPS) is 16.5. The molecule has 0 spiro atoms. The number of halogens is 1. The molecule has 0 saturated carbocycles. The zero-order valence-electron chi connectivity index (χ0n) is 11.9. The molecule has 1 aliphatic heterocycles. The minimum absolute atomic E-state index is 0.0407. The molecule has 118 valence electrons. The predicted molar refractivity (Wildman–Crippen MR) is 77.5 cm³/mol. The number of carbonyl (C=O) groups is 1. The number of rotatable bonds is 4. The Balaban J connectivity index is 2.12. The second kappa shape index (κ2) is 6.30. The van der Waals surface area contributed by atoms with E-state index in [4.69, 9.17) is 11.6 Å². The first-order chi connectivity index (χ1) is 9.84. The number of amides is 1. The molecule has 0 unspecified atom stereocenters. The van der Waals surface area contributed by atoms with Gasteiger partial charge in [-0.2, -0.15) is 9.40 Å². The molecule has 0 atom stereocenters. The molecule has 0 aromatic carbocycles. The van der Waals surface area contributed by atoms with Gasteiger partial charge in [-0.1, -0.05) is 11.6 Å². The van der Waals surface area contributed by atoms with Crippen LogP contribution < -0.4 is 5.32 Å². The third kappa shape index (κ3) is 3.37. The van der Waals surface area contributed by atoms with Gasteiger partial charge < -0.3 is 10.2 Å². The maximum absolute atomic E-state index is 12.5. The monoisotopic (exact) mass is 335 g/mol. The maximum Gasteiger partial charge on any atom is 0.261 e. The van der Waals surface area contributed by atoms with Gasteiger partial charge in [0.25, 0.3) is 10.0 Å². The van der Waals surface area contributed by atoms with Crippen molar-refractivity contribution in [1.82, 2.24) is 24.3 Å². The van der Waals surface area contributed by atoms with Gasteiger partial charge in [-0.3, -0.25) is 9.48 Å². The lowest BCUT2D eigenvalue weighted by molar-refractivity contribution is -0.131. The molecule has 0 bridgehead atoms. The Labute approximate surface area is 128 Å². The lowest BCUT2D eigenvalue weighted by Gasteiger charge is -2.29. The summed E-state index contributed by atoms with van der Waals surface area (Å²) in [6, 6.07) is 0. The van der Waals surface area contributed by atoms with E-state index in [1.807, 2.05) is 0 Å². The van der Waals surface area contributed by atoms with Crippen LogP contribution in [0.15, 0.2) is 11.2 Å². The molecule has 10 heteroatoms. The molecule has 2 heterocycles. The van der Waals surface area contributed by atoms with Gasteiger partial charge in [-0.15, -0.1) is 0 Å². The van der Waals surface area contributed by atoms with Crippen molar-refractivity contribution in [3.05, 3.63) is 11.2 Å². The van der Waals surface area contributed by atoms with Crippen LogP contribution in [-0.4, -0.2) is 73.1 Å². The Kier molecular flexibility index (Phi) is 4.87. The first-order valence-electron chi connectivity index (χ1n) is 6.46. The van der Waals surface area contributed by atoms with E-state index in [2.05, 4.69) is 10.4 Å². The van der Waals surface area contributed by atoms with Gasteiger partial charge in [0.2, 0.25) is 5.91 Å². The summed E-state index contributed by atoms with van der Waals surface area (Å²) in [5.41, 5.74) is 0. The number of likely N-dealkylation sites (N-methyl/N-ethyl adjacent to an activating group) is 1. The van der Waals surface area contributed by atoms with E-state index in [1.54, 1.807) is 4.90 Å². The van der Waals surface area contributed by atoms with Gasteiger partial charge in [0.15, 0.2) is 5.03 Å². The smallest absolute Gasteiger partial charge is 0.261 e. The van der Waals surface area contributed by atoms with Crippen LogP contribution in [0.2, 0.25) is 5.02 Å². The summed E-state index contributed by atoms with van der Waals surface area (Å²) in [6.45, 7) is 2.38. The number of aryl methyl sites for hydroxylation is 1. The quantitative estimate of drug-likeness (QED) is 0.772. The summed E-state index contributed by atoms with van der Waals surface area (Å²) in [6.07, 6.45) is 1.26. The molecule has 1 saturated heterocycles. The Bertz CT molecular complexity index is 604. The highest BCUT2D eigenvalue weighted by atomic mass is 35.5. The van der Waals surface area contributed by atoms with Crippen LogP contribution in [0.25, 0.3) is 0 Å². The molecule has 2 rings (SSSR count). The van der Waals surface area contributed by atoms with Crippen LogP contribution >= 0.6 is 11.6 Å².